The first-order chi connectivity index (χ1) is 14.0. The van der Waals surface area contributed by atoms with E-state index < -0.39 is 10.0 Å². The number of hydrogen-bond acceptors (Lipinski definition) is 4. The monoisotopic (exact) mass is 408 g/mol. The second kappa shape index (κ2) is 7.98. The van der Waals surface area contributed by atoms with Crippen molar-refractivity contribution in [2.24, 2.45) is 0 Å². The van der Waals surface area contributed by atoms with E-state index in [1.807, 2.05) is 12.1 Å². The summed E-state index contributed by atoms with van der Waals surface area (Å²) in [6, 6.07) is 17.9. The molecule has 0 aliphatic carbocycles. The zero-order valence-corrected chi connectivity index (χ0v) is 16.1. The van der Waals surface area contributed by atoms with E-state index >= 15 is 0 Å². The fourth-order valence-corrected chi connectivity index (χ4v) is 3.91. The lowest BCUT2D eigenvalue weighted by atomic mass is 10.1. The van der Waals surface area contributed by atoms with Gasteiger partial charge in [0.15, 0.2) is 0 Å². The smallest absolute Gasteiger partial charge is 0.240 e. The van der Waals surface area contributed by atoms with Crippen molar-refractivity contribution >= 4 is 10.0 Å². The van der Waals surface area contributed by atoms with Crippen molar-refractivity contribution in [1.29, 1.82) is 0 Å². The Balaban J connectivity index is 1.48. The topological polar surface area (TPSA) is 72.2 Å². The van der Waals surface area contributed by atoms with Crippen LogP contribution in [0, 0.1) is 5.82 Å². The fourth-order valence-electron chi connectivity index (χ4n) is 2.89. The van der Waals surface area contributed by atoms with E-state index in [1.165, 1.54) is 24.3 Å². The Bertz CT molecular complexity index is 1200. The number of benzene rings is 2. The van der Waals surface area contributed by atoms with Gasteiger partial charge in [-0.1, -0.05) is 24.3 Å². The summed E-state index contributed by atoms with van der Waals surface area (Å²) in [7, 11) is -3.69. The molecule has 5 nitrogen and oxygen atoms in total. The SMILES string of the molecule is O=S(=O)(NCc1cncc(-c2ccco2)c1)c1ccc(-c2ccc(F)cc2)cc1. The fraction of sp³-hybridized carbons (Fsp3) is 0.0455. The molecule has 1 N–H and O–H groups in total. The molecular formula is C22H17FN2O3S. The maximum atomic E-state index is 13.1. The van der Waals surface area contributed by atoms with Crippen molar-refractivity contribution in [2.45, 2.75) is 11.4 Å². The van der Waals surface area contributed by atoms with Gasteiger partial charge in [0.1, 0.15) is 11.6 Å². The molecular weight excluding hydrogens is 391 g/mol. The van der Waals surface area contributed by atoms with Crippen LogP contribution in [0.4, 0.5) is 4.39 Å². The van der Waals surface area contributed by atoms with E-state index in [2.05, 4.69) is 9.71 Å². The van der Waals surface area contributed by atoms with Crippen LogP contribution in [0.5, 0.6) is 0 Å². The van der Waals surface area contributed by atoms with Crippen LogP contribution in [-0.4, -0.2) is 13.4 Å². The van der Waals surface area contributed by atoms with Gasteiger partial charge in [-0.3, -0.25) is 4.98 Å². The van der Waals surface area contributed by atoms with Gasteiger partial charge in [0.25, 0.3) is 0 Å². The zero-order chi connectivity index (χ0) is 20.3. The van der Waals surface area contributed by atoms with Gasteiger partial charge in [0, 0.05) is 24.5 Å². The highest BCUT2D eigenvalue weighted by Crippen LogP contribution is 2.22. The van der Waals surface area contributed by atoms with E-state index in [9.17, 15) is 12.8 Å². The van der Waals surface area contributed by atoms with Crippen LogP contribution in [0.15, 0.2) is 94.7 Å². The molecule has 29 heavy (non-hydrogen) atoms. The summed E-state index contributed by atoms with van der Waals surface area (Å²) >= 11 is 0. The predicted octanol–water partition coefficient (Wildman–Crippen LogP) is 4.63. The Morgan fingerprint density at radius 2 is 1.59 bits per heavy atom. The van der Waals surface area contributed by atoms with E-state index in [0.717, 1.165) is 16.7 Å². The lowest BCUT2D eigenvalue weighted by molar-refractivity contribution is 0.580. The van der Waals surface area contributed by atoms with Crippen molar-refractivity contribution < 1.29 is 17.2 Å². The minimum atomic E-state index is -3.69. The Labute approximate surface area is 167 Å². The normalized spacial score (nSPS) is 11.5. The highest BCUT2D eigenvalue weighted by molar-refractivity contribution is 7.89. The molecule has 0 amide bonds. The van der Waals surface area contributed by atoms with Gasteiger partial charge in [-0.05, 0) is 59.2 Å². The number of sulfonamides is 1. The second-order valence-corrected chi connectivity index (χ2v) is 8.18. The first-order valence-corrected chi connectivity index (χ1v) is 10.3. The zero-order valence-electron chi connectivity index (χ0n) is 15.2. The Morgan fingerprint density at radius 1 is 0.897 bits per heavy atom. The number of hydrogen-bond donors (Lipinski definition) is 1. The van der Waals surface area contributed by atoms with Gasteiger partial charge in [0.2, 0.25) is 10.0 Å². The van der Waals surface area contributed by atoms with Crippen LogP contribution < -0.4 is 4.72 Å². The first kappa shape index (κ1) is 19.0. The minimum absolute atomic E-state index is 0.101. The molecule has 2 aromatic carbocycles. The average Bonchev–Trinajstić information content (AvgIpc) is 3.28. The molecule has 4 aromatic rings. The summed E-state index contributed by atoms with van der Waals surface area (Å²) in [5.74, 6) is 0.348. The second-order valence-electron chi connectivity index (χ2n) is 6.41. The predicted molar refractivity (Wildman–Crippen MR) is 108 cm³/mol. The number of aromatic nitrogens is 1. The summed E-state index contributed by atoms with van der Waals surface area (Å²) < 4.78 is 46.2. The van der Waals surface area contributed by atoms with Gasteiger partial charge >= 0.3 is 0 Å². The first-order valence-electron chi connectivity index (χ1n) is 8.85. The van der Waals surface area contributed by atoms with Gasteiger partial charge in [-0.2, -0.15) is 0 Å². The quantitative estimate of drug-likeness (QED) is 0.505. The Kier molecular flexibility index (Phi) is 5.24. The minimum Gasteiger partial charge on any atom is -0.464 e. The molecule has 0 saturated carbocycles. The van der Waals surface area contributed by atoms with Crippen LogP contribution in [-0.2, 0) is 16.6 Å². The third kappa shape index (κ3) is 4.42. The maximum absolute atomic E-state index is 13.1. The Morgan fingerprint density at radius 3 is 2.24 bits per heavy atom. The molecule has 0 spiro atoms. The van der Waals surface area contributed by atoms with Crippen LogP contribution in [0.3, 0.4) is 0 Å². The Hall–Kier alpha value is -3.29. The van der Waals surface area contributed by atoms with Crippen LogP contribution >= 0.6 is 0 Å². The number of nitrogens with one attached hydrogen (secondary N) is 1. The largest absolute Gasteiger partial charge is 0.464 e. The van der Waals surface area contributed by atoms with Crippen molar-refractivity contribution in [2.75, 3.05) is 0 Å². The number of rotatable bonds is 6. The molecule has 2 heterocycles. The van der Waals surface area contributed by atoms with Crippen molar-refractivity contribution in [3.8, 4) is 22.5 Å². The molecule has 0 radical (unpaired) electrons. The number of pyridine rings is 1. The summed E-state index contributed by atoms with van der Waals surface area (Å²) in [5.41, 5.74) is 3.10. The van der Waals surface area contributed by atoms with Crippen molar-refractivity contribution in [3.63, 3.8) is 0 Å². The van der Waals surface area contributed by atoms with E-state index in [-0.39, 0.29) is 17.3 Å². The third-order valence-electron chi connectivity index (χ3n) is 4.41. The van der Waals surface area contributed by atoms with Crippen LogP contribution in [0.1, 0.15) is 5.56 Å². The third-order valence-corrected chi connectivity index (χ3v) is 5.83. The van der Waals surface area contributed by atoms with Gasteiger partial charge < -0.3 is 4.42 Å². The molecule has 0 bridgehead atoms. The number of furan rings is 1. The molecule has 2 aromatic heterocycles. The summed E-state index contributed by atoms with van der Waals surface area (Å²) in [6.45, 7) is 0.101. The van der Waals surface area contributed by atoms with E-state index in [1.54, 1.807) is 49.0 Å². The lowest BCUT2D eigenvalue weighted by Gasteiger charge is -2.09. The molecule has 0 unspecified atom stereocenters. The van der Waals surface area contributed by atoms with Gasteiger partial charge in [-0.15, -0.1) is 0 Å². The summed E-state index contributed by atoms with van der Waals surface area (Å²) in [6.07, 6.45) is 4.83. The van der Waals surface area contributed by atoms with Crippen LogP contribution in [0.2, 0.25) is 0 Å². The number of halogens is 1. The van der Waals surface area contributed by atoms with Crippen LogP contribution in [0.25, 0.3) is 22.5 Å². The molecule has 4 rings (SSSR count). The average molecular weight is 408 g/mol. The maximum Gasteiger partial charge on any atom is 0.240 e. The van der Waals surface area contributed by atoms with Crippen molar-refractivity contribution in [1.82, 2.24) is 9.71 Å². The molecule has 0 aliphatic rings. The van der Waals surface area contributed by atoms with Gasteiger partial charge in [-0.25, -0.2) is 17.5 Å². The summed E-state index contributed by atoms with van der Waals surface area (Å²) in [5, 5.41) is 0. The van der Waals surface area contributed by atoms with E-state index in [0.29, 0.717) is 11.3 Å². The molecule has 0 saturated heterocycles. The number of nitrogens with zero attached hydrogens (tertiary/aromatic N) is 1. The molecule has 0 fully saturated rings. The standard InChI is InChI=1S/C22H17FN2O3S/c23-20-7-3-17(4-8-20)18-5-9-21(10-6-18)29(26,27)25-14-16-12-19(15-24-13-16)22-2-1-11-28-22/h1-13,15,25H,14H2. The molecule has 7 heteroatoms. The molecule has 0 aliphatic heterocycles. The van der Waals surface area contributed by atoms with Gasteiger partial charge in [0.05, 0.1) is 11.2 Å². The molecule has 146 valence electrons. The summed E-state index contributed by atoms with van der Waals surface area (Å²) in [4.78, 5) is 4.30. The lowest BCUT2D eigenvalue weighted by Crippen LogP contribution is -2.23. The van der Waals surface area contributed by atoms with E-state index in [4.69, 9.17) is 4.42 Å². The molecule has 0 atom stereocenters. The highest BCUT2D eigenvalue weighted by Gasteiger charge is 2.14. The van der Waals surface area contributed by atoms with Crippen molar-refractivity contribution in [3.05, 3.63) is 96.8 Å². The highest BCUT2D eigenvalue weighted by atomic mass is 32.2.